The molecule has 3 N–H and O–H groups in total. The molecule has 3 amide bonds. The molecule has 0 aromatic carbocycles. The Morgan fingerprint density at radius 2 is 1.86 bits per heavy atom. The SMILES string of the molecule is NC(=O)[C@@H]1CCCN1C(=O)CCCCCC/C=C\[C@@H]1CC1C(=O)NS(=O)C1CC1. The van der Waals surface area contributed by atoms with Crippen molar-refractivity contribution in [2.24, 2.45) is 17.6 Å². The summed E-state index contributed by atoms with van der Waals surface area (Å²) in [6.45, 7) is 0.647. The highest BCUT2D eigenvalue weighted by Crippen LogP contribution is 2.40. The summed E-state index contributed by atoms with van der Waals surface area (Å²) in [6, 6.07) is -0.408. The van der Waals surface area contributed by atoms with Gasteiger partial charge in [0.05, 0.1) is 5.25 Å². The van der Waals surface area contributed by atoms with Gasteiger partial charge in [0, 0.05) is 18.9 Å². The van der Waals surface area contributed by atoms with Crippen molar-refractivity contribution in [2.75, 3.05) is 6.54 Å². The van der Waals surface area contributed by atoms with Gasteiger partial charge in [0.2, 0.25) is 17.7 Å². The molecule has 1 heterocycles. The average Bonchev–Trinajstić information content (AvgIpc) is 3.60. The molecule has 2 unspecified atom stereocenters. The number of rotatable bonds is 12. The van der Waals surface area contributed by atoms with Crippen molar-refractivity contribution in [3.05, 3.63) is 12.2 Å². The molecule has 0 aromatic heterocycles. The molecule has 0 bridgehead atoms. The third-order valence-electron chi connectivity index (χ3n) is 6.00. The third-order valence-corrected chi connectivity index (χ3v) is 7.48. The van der Waals surface area contributed by atoms with Gasteiger partial charge in [-0.3, -0.25) is 19.1 Å². The minimum atomic E-state index is -1.18. The topological polar surface area (TPSA) is 110 Å². The van der Waals surface area contributed by atoms with Crippen molar-refractivity contribution >= 4 is 28.7 Å². The Morgan fingerprint density at radius 3 is 2.59 bits per heavy atom. The van der Waals surface area contributed by atoms with Crippen LogP contribution >= 0.6 is 0 Å². The standard InChI is InChI=1S/C21H33N3O4S/c22-20(26)18-9-7-13-24(18)19(25)10-6-4-2-1-3-5-8-15-14-17(15)21(27)23-29(28)16-11-12-16/h5,8,15-18H,1-4,6-7,9-14H2,(H2,22,26)(H,23,27)/b8-5-/t15-,17?,18+,29?/m1/s1. The molecule has 1 aliphatic heterocycles. The molecular weight excluding hydrogens is 390 g/mol. The van der Waals surface area contributed by atoms with Crippen LogP contribution in [0.3, 0.4) is 0 Å². The number of nitrogens with one attached hydrogen (secondary N) is 1. The van der Waals surface area contributed by atoms with Crippen LogP contribution in [0, 0.1) is 11.8 Å². The maximum Gasteiger partial charge on any atom is 0.240 e. The van der Waals surface area contributed by atoms with E-state index in [9.17, 15) is 18.6 Å². The smallest absolute Gasteiger partial charge is 0.240 e. The minimum absolute atomic E-state index is 0.00484. The average molecular weight is 424 g/mol. The zero-order valence-electron chi connectivity index (χ0n) is 17.0. The quantitative estimate of drug-likeness (QED) is 0.369. The number of carbonyl (C=O) groups is 3. The summed E-state index contributed by atoms with van der Waals surface area (Å²) in [6.07, 6.45) is 14.0. The van der Waals surface area contributed by atoms with E-state index in [2.05, 4.69) is 16.9 Å². The highest BCUT2D eigenvalue weighted by atomic mass is 32.2. The number of primary amides is 1. The van der Waals surface area contributed by atoms with E-state index in [-0.39, 0.29) is 23.0 Å². The van der Waals surface area contributed by atoms with Crippen LogP contribution in [0.15, 0.2) is 12.2 Å². The summed E-state index contributed by atoms with van der Waals surface area (Å²) in [5.41, 5.74) is 5.36. The van der Waals surface area contributed by atoms with Gasteiger partial charge in [0.1, 0.15) is 17.0 Å². The van der Waals surface area contributed by atoms with Crippen molar-refractivity contribution in [1.82, 2.24) is 9.62 Å². The van der Waals surface area contributed by atoms with Crippen LogP contribution in [0.1, 0.15) is 70.6 Å². The van der Waals surface area contributed by atoms with Gasteiger partial charge in [-0.05, 0) is 57.3 Å². The Morgan fingerprint density at radius 1 is 1.10 bits per heavy atom. The number of carbonyl (C=O) groups excluding carboxylic acids is 3. The molecule has 4 atom stereocenters. The summed E-state index contributed by atoms with van der Waals surface area (Å²) in [4.78, 5) is 37.2. The number of nitrogens with two attached hydrogens (primary N) is 1. The molecule has 3 aliphatic rings. The number of unbranched alkanes of at least 4 members (excludes halogenated alkanes) is 4. The van der Waals surface area contributed by atoms with Crippen molar-refractivity contribution in [2.45, 2.75) is 81.9 Å². The Bertz CT molecular complexity index is 677. The maximum absolute atomic E-state index is 12.2. The van der Waals surface area contributed by atoms with Gasteiger partial charge < -0.3 is 10.6 Å². The van der Waals surface area contributed by atoms with Gasteiger partial charge in [-0.1, -0.05) is 25.0 Å². The van der Waals surface area contributed by atoms with E-state index in [4.69, 9.17) is 5.73 Å². The number of amides is 3. The lowest BCUT2D eigenvalue weighted by Gasteiger charge is -2.22. The summed E-state index contributed by atoms with van der Waals surface area (Å²) in [5, 5.41) is 0.182. The molecular formula is C21H33N3O4S. The molecule has 3 rings (SSSR count). The summed E-state index contributed by atoms with van der Waals surface area (Å²) < 4.78 is 14.4. The van der Waals surface area contributed by atoms with Crippen LogP contribution in [0.5, 0.6) is 0 Å². The predicted octanol–water partition coefficient (Wildman–Crippen LogP) is 1.94. The van der Waals surface area contributed by atoms with Crippen molar-refractivity contribution in [3.63, 3.8) is 0 Å². The van der Waals surface area contributed by atoms with E-state index >= 15 is 0 Å². The van der Waals surface area contributed by atoms with Crippen molar-refractivity contribution in [1.29, 1.82) is 0 Å². The molecule has 29 heavy (non-hydrogen) atoms. The van der Waals surface area contributed by atoms with E-state index < -0.39 is 22.9 Å². The molecule has 2 aliphatic carbocycles. The normalized spacial score (nSPS) is 27.2. The van der Waals surface area contributed by atoms with Crippen LogP contribution in [0.4, 0.5) is 0 Å². The van der Waals surface area contributed by atoms with Gasteiger partial charge in [-0.25, -0.2) is 4.21 Å². The molecule has 2 saturated carbocycles. The maximum atomic E-state index is 12.2. The largest absolute Gasteiger partial charge is 0.368 e. The van der Waals surface area contributed by atoms with E-state index in [0.29, 0.717) is 25.3 Å². The number of allylic oxidation sites excluding steroid dienone is 2. The Hall–Kier alpha value is -1.70. The zero-order valence-corrected chi connectivity index (χ0v) is 17.8. The fourth-order valence-electron chi connectivity index (χ4n) is 3.94. The Labute approximate surface area is 175 Å². The van der Waals surface area contributed by atoms with E-state index in [0.717, 1.165) is 57.8 Å². The number of likely N-dealkylation sites (tertiary alicyclic amines) is 1. The summed E-state index contributed by atoms with van der Waals surface area (Å²) in [7, 11) is -1.18. The fraction of sp³-hybridized carbons (Fsp3) is 0.762. The predicted molar refractivity (Wildman–Crippen MR) is 112 cm³/mol. The first-order valence-electron chi connectivity index (χ1n) is 10.9. The van der Waals surface area contributed by atoms with E-state index in [1.54, 1.807) is 4.90 Å². The van der Waals surface area contributed by atoms with Crippen molar-refractivity contribution in [3.8, 4) is 0 Å². The Kier molecular flexibility index (Phi) is 7.86. The Balaban J connectivity index is 1.19. The summed E-state index contributed by atoms with van der Waals surface area (Å²) in [5.74, 6) is -0.121. The summed E-state index contributed by atoms with van der Waals surface area (Å²) >= 11 is 0. The molecule has 0 spiro atoms. The van der Waals surface area contributed by atoms with Crippen LogP contribution < -0.4 is 10.5 Å². The van der Waals surface area contributed by atoms with Crippen LogP contribution in [0.25, 0.3) is 0 Å². The van der Waals surface area contributed by atoms with Crippen LogP contribution in [-0.2, 0) is 25.4 Å². The zero-order chi connectivity index (χ0) is 20.8. The first kappa shape index (κ1) is 22.0. The lowest BCUT2D eigenvalue weighted by molar-refractivity contribution is -0.137. The van der Waals surface area contributed by atoms with E-state index in [1.165, 1.54) is 0 Å². The highest BCUT2D eigenvalue weighted by molar-refractivity contribution is 7.84. The number of hydrogen-bond donors (Lipinski definition) is 2. The van der Waals surface area contributed by atoms with Gasteiger partial charge in [0.15, 0.2) is 0 Å². The molecule has 3 fully saturated rings. The van der Waals surface area contributed by atoms with Gasteiger partial charge in [-0.2, -0.15) is 0 Å². The van der Waals surface area contributed by atoms with Gasteiger partial charge >= 0.3 is 0 Å². The first-order valence-corrected chi connectivity index (χ1v) is 12.1. The first-order chi connectivity index (χ1) is 14.0. The second kappa shape index (κ2) is 10.4. The second-order valence-electron chi connectivity index (χ2n) is 8.50. The minimum Gasteiger partial charge on any atom is -0.368 e. The lowest BCUT2D eigenvalue weighted by atomic mass is 10.1. The third kappa shape index (κ3) is 6.66. The molecule has 8 heteroatoms. The molecule has 162 valence electrons. The van der Waals surface area contributed by atoms with Crippen LogP contribution in [0.2, 0.25) is 0 Å². The van der Waals surface area contributed by atoms with E-state index in [1.807, 2.05) is 0 Å². The molecule has 7 nitrogen and oxygen atoms in total. The number of nitrogens with zero attached hydrogens (tertiary/aromatic N) is 1. The lowest BCUT2D eigenvalue weighted by Crippen LogP contribution is -2.43. The fourth-order valence-corrected chi connectivity index (χ4v) is 5.02. The van der Waals surface area contributed by atoms with Crippen molar-refractivity contribution < 1.29 is 18.6 Å². The highest BCUT2D eigenvalue weighted by Gasteiger charge is 2.42. The molecule has 0 aromatic rings. The number of hydrogen-bond acceptors (Lipinski definition) is 4. The van der Waals surface area contributed by atoms with Gasteiger partial charge in [0.25, 0.3) is 0 Å². The molecule has 0 radical (unpaired) electrons. The van der Waals surface area contributed by atoms with Gasteiger partial charge in [-0.15, -0.1) is 0 Å². The molecule has 1 saturated heterocycles. The second-order valence-corrected chi connectivity index (χ2v) is 9.96. The monoisotopic (exact) mass is 423 g/mol. The van der Waals surface area contributed by atoms with Crippen LogP contribution in [-0.4, -0.2) is 44.7 Å².